The van der Waals surface area contributed by atoms with Gasteiger partial charge in [0.25, 0.3) is 11.8 Å². The summed E-state index contributed by atoms with van der Waals surface area (Å²) in [4.78, 5) is 25.4. The summed E-state index contributed by atoms with van der Waals surface area (Å²) in [6, 6.07) is 20.3. The van der Waals surface area contributed by atoms with Crippen LogP contribution >= 0.6 is 0 Å². The molecule has 0 spiro atoms. The molecule has 2 amide bonds. The summed E-state index contributed by atoms with van der Waals surface area (Å²) >= 11 is 0. The van der Waals surface area contributed by atoms with Gasteiger partial charge in [0.2, 0.25) is 6.79 Å². The first kappa shape index (κ1) is 20.7. The van der Waals surface area contributed by atoms with Gasteiger partial charge < -0.3 is 19.9 Å². The number of ether oxygens (including phenoxy) is 2. The second-order valence-electron chi connectivity index (χ2n) is 6.75. The van der Waals surface area contributed by atoms with Gasteiger partial charge in [-0.3, -0.25) is 9.59 Å². The number of nitrogens with one attached hydrogen (secondary N) is 2. The highest BCUT2D eigenvalue weighted by atomic mass is 16.7. The van der Waals surface area contributed by atoms with E-state index in [-0.39, 0.29) is 18.2 Å². The van der Waals surface area contributed by atoms with Crippen molar-refractivity contribution in [2.24, 2.45) is 5.10 Å². The van der Waals surface area contributed by atoms with E-state index >= 15 is 0 Å². The smallest absolute Gasteiger partial charge is 0.287 e. The predicted octanol–water partition coefficient (Wildman–Crippen LogP) is 3.04. The minimum Gasteiger partial charge on any atom is -0.507 e. The Morgan fingerprint density at radius 2 is 1.69 bits per heavy atom. The van der Waals surface area contributed by atoms with Gasteiger partial charge >= 0.3 is 0 Å². The summed E-state index contributed by atoms with van der Waals surface area (Å²) < 4.78 is 10.7. The molecular formula is C24H19N3O5. The molecular weight excluding hydrogens is 410 g/mol. The molecule has 8 nitrogen and oxygen atoms in total. The number of rotatable bonds is 6. The molecule has 1 aliphatic heterocycles. The Morgan fingerprint density at radius 1 is 0.938 bits per heavy atom. The lowest BCUT2D eigenvalue weighted by atomic mass is 10.1. The van der Waals surface area contributed by atoms with Gasteiger partial charge in [0.05, 0.1) is 6.21 Å². The summed E-state index contributed by atoms with van der Waals surface area (Å²) in [7, 11) is 0. The van der Waals surface area contributed by atoms with Gasteiger partial charge in [0.15, 0.2) is 11.5 Å². The first-order valence-corrected chi connectivity index (χ1v) is 9.69. The number of carbonyl (C=O) groups excluding carboxylic acids is 2. The second-order valence-corrected chi connectivity index (χ2v) is 6.75. The van der Waals surface area contributed by atoms with Crippen LogP contribution < -0.4 is 20.2 Å². The van der Waals surface area contributed by atoms with Crippen molar-refractivity contribution in [3.8, 4) is 17.2 Å². The highest BCUT2D eigenvalue weighted by molar-refractivity contribution is 6.05. The summed E-state index contributed by atoms with van der Waals surface area (Å²) in [5.74, 6) is 0.0919. The molecule has 0 bridgehead atoms. The van der Waals surface area contributed by atoms with Crippen LogP contribution in [0.3, 0.4) is 0 Å². The highest BCUT2D eigenvalue weighted by Gasteiger charge is 2.16. The third-order valence-corrected chi connectivity index (χ3v) is 4.54. The minimum atomic E-state index is -0.640. The fourth-order valence-electron chi connectivity index (χ4n) is 2.93. The first-order chi connectivity index (χ1) is 15.6. The Labute approximate surface area is 183 Å². The van der Waals surface area contributed by atoms with E-state index in [9.17, 15) is 14.7 Å². The molecule has 3 N–H and O–H groups in total. The Hall–Kier alpha value is -4.59. The number of phenolic OH excluding ortho intramolecular Hbond substituents is 1. The third kappa shape index (κ3) is 4.93. The molecule has 0 saturated carbocycles. The molecule has 1 heterocycles. The average molecular weight is 429 g/mol. The Balaban J connectivity index is 1.57. The number of phenols is 1. The number of hydrogen-bond acceptors (Lipinski definition) is 6. The number of carbonyl (C=O) groups is 2. The zero-order valence-electron chi connectivity index (χ0n) is 16.8. The maximum absolute atomic E-state index is 12.8. The molecule has 0 radical (unpaired) electrons. The maximum Gasteiger partial charge on any atom is 0.287 e. The Morgan fingerprint density at radius 3 is 2.50 bits per heavy atom. The SMILES string of the molecule is O=C(N/N=C\c1ccccc1O)/C(=C\c1ccc2c(c1)OCO2)NC(=O)c1ccccc1. The van der Waals surface area contributed by atoms with E-state index in [2.05, 4.69) is 15.8 Å². The molecule has 0 atom stereocenters. The third-order valence-electron chi connectivity index (χ3n) is 4.54. The standard InChI is InChI=1S/C24H19N3O5/c28-20-9-5-4-8-18(20)14-25-27-24(30)19(26-23(29)17-6-2-1-3-7-17)12-16-10-11-21-22(13-16)32-15-31-21/h1-14,28H,15H2,(H,26,29)(H,27,30)/b19-12+,25-14-. The van der Waals surface area contributed by atoms with Crippen LogP contribution in [0.5, 0.6) is 17.2 Å². The lowest BCUT2D eigenvalue weighted by Crippen LogP contribution is -2.32. The largest absolute Gasteiger partial charge is 0.507 e. The minimum absolute atomic E-state index is 0.0212. The van der Waals surface area contributed by atoms with Gasteiger partial charge in [-0.1, -0.05) is 36.4 Å². The number of hydrazone groups is 1. The lowest BCUT2D eigenvalue weighted by Gasteiger charge is -2.09. The van der Waals surface area contributed by atoms with Crippen LogP contribution in [0.4, 0.5) is 0 Å². The van der Waals surface area contributed by atoms with E-state index in [1.807, 2.05) is 0 Å². The molecule has 0 aromatic heterocycles. The van der Waals surface area contributed by atoms with Crippen molar-refractivity contribution in [2.75, 3.05) is 6.79 Å². The van der Waals surface area contributed by atoms with Crippen LogP contribution in [0.15, 0.2) is 83.6 Å². The quantitative estimate of drug-likeness (QED) is 0.317. The van der Waals surface area contributed by atoms with Crippen LogP contribution in [0.1, 0.15) is 21.5 Å². The molecule has 0 saturated heterocycles. The number of nitrogens with zero attached hydrogens (tertiary/aromatic N) is 1. The van der Waals surface area contributed by atoms with E-state index in [1.54, 1.807) is 66.7 Å². The Kier molecular flexibility index (Phi) is 6.12. The number of aromatic hydroxyl groups is 1. The van der Waals surface area contributed by atoms with Crippen LogP contribution in [0.25, 0.3) is 6.08 Å². The molecule has 3 aromatic rings. The average Bonchev–Trinajstić information content (AvgIpc) is 3.28. The predicted molar refractivity (Wildman–Crippen MR) is 118 cm³/mol. The highest BCUT2D eigenvalue weighted by Crippen LogP contribution is 2.33. The fraction of sp³-hybridized carbons (Fsp3) is 0.0417. The summed E-state index contributed by atoms with van der Waals surface area (Å²) in [6.07, 6.45) is 2.82. The van der Waals surface area contributed by atoms with Gasteiger partial charge in [-0.2, -0.15) is 5.10 Å². The summed E-state index contributed by atoms with van der Waals surface area (Å²) in [5, 5.41) is 16.3. The number of hydrogen-bond donors (Lipinski definition) is 3. The van der Waals surface area contributed by atoms with E-state index < -0.39 is 11.8 Å². The molecule has 32 heavy (non-hydrogen) atoms. The van der Waals surface area contributed by atoms with E-state index in [0.717, 1.165) is 0 Å². The van der Waals surface area contributed by atoms with E-state index in [0.29, 0.717) is 28.2 Å². The zero-order valence-corrected chi connectivity index (χ0v) is 16.8. The van der Waals surface area contributed by atoms with Gasteiger partial charge in [-0.25, -0.2) is 5.43 Å². The van der Waals surface area contributed by atoms with Crippen LogP contribution in [-0.2, 0) is 4.79 Å². The van der Waals surface area contributed by atoms with Crippen molar-refractivity contribution in [3.05, 3.63) is 95.2 Å². The maximum atomic E-state index is 12.8. The second kappa shape index (κ2) is 9.48. The van der Waals surface area contributed by atoms with Gasteiger partial charge in [-0.05, 0) is 48.0 Å². The topological polar surface area (TPSA) is 109 Å². The number of para-hydroxylation sites is 1. The molecule has 0 aliphatic carbocycles. The number of benzene rings is 3. The van der Waals surface area contributed by atoms with Gasteiger partial charge in [0.1, 0.15) is 11.4 Å². The van der Waals surface area contributed by atoms with E-state index in [4.69, 9.17) is 9.47 Å². The van der Waals surface area contributed by atoms with Crippen molar-refractivity contribution < 1.29 is 24.2 Å². The molecule has 0 unspecified atom stereocenters. The van der Waals surface area contributed by atoms with E-state index in [1.165, 1.54) is 18.4 Å². The molecule has 1 aliphatic rings. The van der Waals surface area contributed by atoms with Crippen molar-refractivity contribution in [2.45, 2.75) is 0 Å². The monoisotopic (exact) mass is 429 g/mol. The number of amides is 2. The van der Waals surface area contributed by atoms with Crippen molar-refractivity contribution in [3.63, 3.8) is 0 Å². The molecule has 3 aromatic carbocycles. The van der Waals surface area contributed by atoms with Gasteiger partial charge in [0, 0.05) is 11.1 Å². The fourth-order valence-corrected chi connectivity index (χ4v) is 2.93. The molecule has 8 heteroatoms. The van der Waals surface area contributed by atoms with Crippen LogP contribution in [-0.4, -0.2) is 29.9 Å². The van der Waals surface area contributed by atoms with Crippen LogP contribution in [0.2, 0.25) is 0 Å². The molecule has 4 rings (SSSR count). The number of fused-ring (bicyclic) bond motifs is 1. The lowest BCUT2D eigenvalue weighted by molar-refractivity contribution is -0.117. The molecule has 160 valence electrons. The Bertz CT molecular complexity index is 1210. The summed E-state index contributed by atoms with van der Waals surface area (Å²) in [6.45, 7) is 0.127. The zero-order chi connectivity index (χ0) is 22.3. The van der Waals surface area contributed by atoms with Crippen molar-refractivity contribution >= 4 is 24.1 Å². The van der Waals surface area contributed by atoms with Crippen molar-refractivity contribution in [1.82, 2.24) is 10.7 Å². The summed E-state index contributed by atoms with van der Waals surface area (Å²) in [5.41, 5.74) is 3.80. The molecule has 0 fully saturated rings. The first-order valence-electron chi connectivity index (χ1n) is 9.69. The van der Waals surface area contributed by atoms with Gasteiger partial charge in [-0.15, -0.1) is 0 Å². The van der Waals surface area contributed by atoms with Crippen molar-refractivity contribution in [1.29, 1.82) is 0 Å². The van der Waals surface area contributed by atoms with Crippen LogP contribution in [0, 0.1) is 0 Å². The normalized spacial score (nSPS) is 12.6.